The molecule has 2 heterocycles. The minimum Gasteiger partial charge on any atom is -0.497 e. The van der Waals surface area contributed by atoms with Crippen molar-refractivity contribution < 1.29 is 14.3 Å². The molecule has 212 valence electrons. The Morgan fingerprint density at radius 1 is 0.975 bits per heavy atom. The number of amides is 2. The van der Waals surface area contributed by atoms with E-state index in [1.807, 2.05) is 73.0 Å². The molecule has 2 aromatic carbocycles. The monoisotopic (exact) mass is 543 g/mol. The Labute approximate surface area is 238 Å². The van der Waals surface area contributed by atoms with Crippen molar-refractivity contribution in [3.05, 3.63) is 82.4 Å². The highest BCUT2D eigenvalue weighted by molar-refractivity contribution is 5.97. The second-order valence-electron chi connectivity index (χ2n) is 10.8. The fraction of sp³-hybridized carbons (Fsp3) is 0.438. The first-order chi connectivity index (χ1) is 19.2. The average Bonchev–Trinajstić information content (AvgIpc) is 2.96. The van der Waals surface area contributed by atoms with E-state index >= 15 is 0 Å². The lowest BCUT2D eigenvalue weighted by molar-refractivity contribution is -0.118. The number of ether oxygens (including phenoxy) is 1. The Morgan fingerprint density at radius 2 is 1.73 bits per heavy atom. The summed E-state index contributed by atoms with van der Waals surface area (Å²) in [6.45, 7) is 13.2. The zero-order valence-corrected chi connectivity index (χ0v) is 24.6. The molecule has 4 rings (SSSR count). The second kappa shape index (κ2) is 13.0. The molecular weight excluding hydrogens is 502 g/mol. The van der Waals surface area contributed by atoms with Crippen molar-refractivity contribution >= 4 is 17.5 Å². The Balaban J connectivity index is 1.72. The van der Waals surface area contributed by atoms with E-state index in [2.05, 4.69) is 28.7 Å². The van der Waals surface area contributed by atoms with Gasteiger partial charge in [0.05, 0.1) is 30.5 Å². The average molecular weight is 544 g/mol. The molecule has 0 saturated heterocycles. The van der Waals surface area contributed by atoms with Crippen LogP contribution in [0.5, 0.6) is 5.75 Å². The van der Waals surface area contributed by atoms with E-state index in [1.54, 1.807) is 13.3 Å². The van der Waals surface area contributed by atoms with Gasteiger partial charge in [-0.3, -0.25) is 14.5 Å². The highest BCUT2D eigenvalue weighted by atomic mass is 16.5. The van der Waals surface area contributed by atoms with Crippen molar-refractivity contribution in [2.24, 2.45) is 0 Å². The van der Waals surface area contributed by atoms with Crippen LogP contribution in [0.1, 0.15) is 58.8 Å². The molecule has 3 aromatic rings. The number of para-hydroxylation sites is 1. The molecule has 8 nitrogen and oxygen atoms in total. The van der Waals surface area contributed by atoms with Gasteiger partial charge in [-0.25, -0.2) is 9.97 Å². The smallest absolute Gasteiger partial charge is 0.257 e. The van der Waals surface area contributed by atoms with Crippen LogP contribution < -0.4 is 9.64 Å². The molecule has 2 amide bonds. The van der Waals surface area contributed by atoms with Crippen LogP contribution in [-0.2, 0) is 17.8 Å². The lowest BCUT2D eigenvalue weighted by Crippen LogP contribution is -2.41. The van der Waals surface area contributed by atoms with Gasteiger partial charge >= 0.3 is 0 Å². The van der Waals surface area contributed by atoms with Gasteiger partial charge in [0, 0.05) is 45.0 Å². The van der Waals surface area contributed by atoms with Gasteiger partial charge in [-0.2, -0.15) is 0 Å². The zero-order valence-electron chi connectivity index (χ0n) is 24.6. The number of benzene rings is 2. The minimum atomic E-state index is -0.0935. The number of anilines is 1. The van der Waals surface area contributed by atoms with E-state index in [0.29, 0.717) is 42.8 Å². The van der Waals surface area contributed by atoms with E-state index in [-0.39, 0.29) is 18.2 Å². The van der Waals surface area contributed by atoms with Crippen LogP contribution in [0.25, 0.3) is 0 Å². The SMILES string of the molecule is COc1ccc(CC(=O)N2CCCN(C(C)C)CCN(C(=O)c3cnc(C)nc3C)Cc3cccc(C)c32)cc1. The molecule has 0 N–H and O–H groups in total. The summed E-state index contributed by atoms with van der Waals surface area (Å²) < 4.78 is 5.28. The molecular formula is C32H41N5O3. The molecule has 1 aromatic heterocycles. The van der Waals surface area contributed by atoms with E-state index < -0.39 is 0 Å². The van der Waals surface area contributed by atoms with Gasteiger partial charge in [0.25, 0.3) is 5.91 Å². The fourth-order valence-electron chi connectivity index (χ4n) is 5.34. The van der Waals surface area contributed by atoms with Crippen LogP contribution in [0.15, 0.2) is 48.7 Å². The van der Waals surface area contributed by atoms with Crippen molar-refractivity contribution in [2.75, 3.05) is 38.2 Å². The summed E-state index contributed by atoms with van der Waals surface area (Å²) in [6.07, 6.45) is 2.75. The third-order valence-electron chi connectivity index (χ3n) is 7.60. The number of methoxy groups -OCH3 is 1. The van der Waals surface area contributed by atoms with Crippen LogP contribution >= 0.6 is 0 Å². The fourth-order valence-corrected chi connectivity index (χ4v) is 5.34. The maximum atomic E-state index is 13.9. The zero-order chi connectivity index (χ0) is 28.8. The van der Waals surface area contributed by atoms with Gasteiger partial charge in [0.1, 0.15) is 11.6 Å². The molecule has 0 radical (unpaired) electrons. The predicted octanol–water partition coefficient (Wildman–Crippen LogP) is 4.74. The molecule has 0 unspecified atom stereocenters. The number of aryl methyl sites for hydroxylation is 3. The van der Waals surface area contributed by atoms with Gasteiger partial charge < -0.3 is 14.5 Å². The first-order valence-electron chi connectivity index (χ1n) is 14.0. The number of carbonyl (C=O) groups is 2. The molecule has 0 aliphatic carbocycles. The van der Waals surface area contributed by atoms with Crippen molar-refractivity contribution in [3.63, 3.8) is 0 Å². The number of aromatic nitrogens is 2. The first-order valence-corrected chi connectivity index (χ1v) is 14.0. The van der Waals surface area contributed by atoms with E-state index in [9.17, 15) is 9.59 Å². The quantitative estimate of drug-likeness (QED) is 0.463. The van der Waals surface area contributed by atoms with Crippen LogP contribution in [0.2, 0.25) is 0 Å². The first kappa shape index (κ1) is 29.2. The van der Waals surface area contributed by atoms with E-state index in [4.69, 9.17) is 4.74 Å². The summed E-state index contributed by atoms with van der Waals surface area (Å²) in [4.78, 5) is 42.7. The number of nitrogens with zero attached hydrogens (tertiary/aromatic N) is 5. The normalized spacial score (nSPS) is 15.0. The highest BCUT2D eigenvalue weighted by Crippen LogP contribution is 2.29. The molecule has 0 fully saturated rings. The second-order valence-corrected chi connectivity index (χ2v) is 10.8. The molecule has 0 saturated carbocycles. The Morgan fingerprint density at radius 3 is 2.40 bits per heavy atom. The molecule has 1 aliphatic rings. The summed E-state index contributed by atoms with van der Waals surface area (Å²) >= 11 is 0. The Bertz CT molecular complexity index is 1340. The van der Waals surface area contributed by atoms with E-state index in [1.165, 1.54) is 0 Å². The molecule has 0 bridgehead atoms. The van der Waals surface area contributed by atoms with Crippen molar-refractivity contribution in [1.29, 1.82) is 0 Å². The molecule has 40 heavy (non-hydrogen) atoms. The summed E-state index contributed by atoms with van der Waals surface area (Å²) in [5.74, 6) is 1.35. The van der Waals surface area contributed by atoms with Crippen LogP contribution in [-0.4, -0.2) is 70.9 Å². The minimum absolute atomic E-state index is 0.0386. The summed E-state index contributed by atoms with van der Waals surface area (Å²) in [7, 11) is 1.63. The summed E-state index contributed by atoms with van der Waals surface area (Å²) in [6, 6.07) is 14.0. The van der Waals surface area contributed by atoms with Crippen molar-refractivity contribution in [2.45, 2.75) is 60.0 Å². The van der Waals surface area contributed by atoms with Crippen LogP contribution in [0.3, 0.4) is 0 Å². The largest absolute Gasteiger partial charge is 0.497 e. The molecule has 1 aliphatic heterocycles. The van der Waals surface area contributed by atoms with Gasteiger partial charge in [-0.1, -0.05) is 30.3 Å². The third kappa shape index (κ3) is 6.86. The lowest BCUT2D eigenvalue weighted by Gasteiger charge is -2.30. The standard InChI is InChI=1S/C32H41N5O3/c1-22(2)35-15-8-16-37(30(38)19-26-11-13-28(40-6)14-12-26)31-23(3)9-7-10-27(31)21-36(18-17-35)32(39)29-20-33-25(5)34-24(29)4/h7,9-14,20,22H,8,15-19,21H2,1-6H3. The number of fused-ring (bicyclic) bond motifs is 1. The van der Waals surface area contributed by atoms with Crippen LogP contribution in [0, 0.1) is 20.8 Å². The summed E-state index contributed by atoms with van der Waals surface area (Å²) in [5, 5.41) is 0. The third-order valence-corrected chi connectivity index (χ3v) is 7.60. The molecule has 8 heteroatoms. The van der Waals surface area contributed by atoms with Gasteiger partial charge in [-0.05, 0) is 69.9 Å². The number of hydrogen-bond donors (Lipinski definition) is 0. The Kier molecular flexibility index (Phi) is 9.53. The van der Waals surface area contributed by atoms with Gasteiger partial charge in [0.2, 0.25) is 5.91 Å². The maximum Gasteiger partial charge on any atom is 0.257 e. The Hall–Kier alpha value is -3.78. The number of hydrogen-bond acceptors (Lipinski definition) is 6. The molecule has 0 atom stereocenters. The van der Waals surface area contributed by atoms with Crippen molar-refractivity contribution in [3.8, 4) is 5.75 Å². The maximum absolute atomic E-state index is 13.9. The number of rotatable bonds is 5. The summed E-state index contributed by atoms with van der Waals surface area (Å²) in [5.41, 5.74) is 4.99. The number of carbonyl (C=O) groups excluding carboxylic acids is 2. The lowest BCUT2D eigenvalue weighted by atomic mass is 10.0. The van der Waals surface area contributed by atoms with E-state index in [0.717, 1.165) is 47.6 Å². The van der Waals surface area contributed by atoms with Crippen molar-refractivity contribution in [1.82, 2.24) is 19.8 Å². The van der Waals surface area contributed by atoms with Gasteiger partial charge in [-0.15, -0.1) is 0 Å². The topological polar surface area (TPSA) is 78.9 Å². The van der Waals surface area contributed by atoms with Crippen LogP contribution in [0.4, 0.5) is 5.69 Å². The van der Waals surface area contributed by atoms with Gasteiger partial charge in [0.15, 0.2) is 0 Å². The highest BCUT2D eigenvalue weighted by Gasteiger charge is 2.27. The molecule has 0 spiro atoms. The predicted molar refractivity (Wildman–Crippen MR) is 158 cm³/mol.